The summed E-state index contributed by atoms with van der Waals surface area (Å²) in [7, 11) is 0. The molecule has 1 aliphatic carbocycles. The number of rotatable bonds is 3. The quantitative estimate of drug-likeness (QED) is 0.440. The molecule has 2 aromatic rings. The second kappa shape index (κ2) is 8.64. The molecule has 0 unspecified atom stereocenters. The molecule has 3 rings (SSSR count). The van der Waals surface area contributed by atoms with Crippen molar-refractivity contribution in [3.8, 4) is 11.1 Å². The monoisotopic (exact) mass is 456 g/mol. The van der Waals surface area contributed by atoms with E-state index < -0.39 is 27.1 Å². The van der Waals surface area contributed by atoms with E-state index in [1.54, 1.807) is 8.83 Å². The van der Waals surface area contributed by atoms with Gasteiger partial charge in [0.25, 0.3) is 0 Å². The molecule has 0 fully saturated rings. The Kier molecular flexibility index (Phi) is 7.97. The van der Waals surface area contributed by atoms with Gasteiger partial charge in [0.2, 0.25) is 0 Å². The van der Waals surface area contributed by atoms with Crippen molar-refractivity contribution in [3.63, 3.8) is 0 Å². The summed E-state index contributed by atoms with van der Waals surface area (Å²) in [5.74, 6) is -0.659. The van der Waals surface area contributed by atoms with Crippen molar-refractivity contribution in [1.82, 2.24) is 3.26 Å². The molecule has 129 valence electrons. The Hall–Kier alpha value is 0.0800. The fourth-order valence-corrected chi connectivity index (χ4v) is 19.5. The van der Waals surface area contributed by atoms with Gasteiger partial charge in [0, 0.05) is 0 Å². The molecule has 0 atom stereocenters. The van der Waals surface area contributed by atoms with Crippen molar-refractivity contribution < 1.29 is 46.0 Å². The van der Waals surface area contributed by atoms with E-state index in [9.17, 15) is 0 Å². The molecule has 0 spiro atoms. The Morgan fingerprint density at radius 1 is 0.917 bits per heavy atom. The standard InChI is InChI=1S/C13H9.C4H10N.C2H7Si.2ClH.Zr/c1-3-7-12-10(5-1)9-11-6-2-4-8-13(11)12;1-4(2,3)5;1-3-2;;;/h1-5,7-8H,9H2;5H,1-3H3;3H,1-2H3;2*1H;/q;-1;;;;+3/p-2. The summed E-state index contributed by atoms with van der Waals surface area (Å²) in [4.78, 5) is 0. The van der Waals surface area contributed by atoms with Crippen LogP contribution in [0.15, 0.2) is 42.5 Å². The molecular formula is C19H26Cl2NSiZr. The van der Waals surface area contributed by atoms with Gasteiger partial charge in [0.15, 0.2) is 0 Å². The minimum Gasteiger partial charge on any atom is -1.00 e. The van der Waals surface area contributed by atoms with E-state index in [2.05, 4.69) is 79.6 Å². The third-order valence-electron chi connectivity index (χ3n) is 4.23. The molecule has 0 heterocycles. The van der Waals surface area contributed by atoms with Gasteiger partial charge in [-0.25, -0.2) is 0 Å². The number of fused-ring (bicyclic) bond motifs is 3. The zero-order valence-electron chi connectivity index (χ0n) is 15.1. The Morgan fingerprint density at radius 3 is 2.17 bits per heavy atom. The number of benzene rings is 2. The van der Waals surface area contributed by atoms with E-state index in [1.165, 1.54) is 16.7 Å². The van der Waals surface area contributed by atoms with Gasteiger partial charge in [-0.1, -0.05) is 0 Å². The first kappa shape index (κ1) is 22.1. The maximum atomic E-state index is 4.09. The van der Waals surface area contributed by atoms with Gasteiger partial charge in [0.05, 0.1) is 0 Å². The molecular weight excluding hydrogens is 432 g/mol. The van der Waals surface area contributed by atoms with E-state index in [0.717, 1.165) is 6.42 Å². The minimum absolute atomic E-state index is 0. The van der Waals surface area contributed by atoms with Gasteiger partial charge < -0.3 is 24.8 Å². The molecule has 24 heavy (non-hydrogen) atoms. The number of hydrogen-bond acceptors (Lipinski definition) is 1. The first-order valence-corrected chi connectivity index (χ1v) is 17.8. The molecule has 2 aromatic carbocycles. The molecule has 0 amide bonds. The van der Waals surface area contributed by atoms with Crippen LogP contribution in [0, 0.1) is 0 Å². The van der Waals surface area contributed by atoms with E-state index in [0.29, 0.717) is 0 Å². The molecule has 0 aromatic heterocycles. The third-order valence-corrected chi connectivity index (χ3v) is 21.7. The molecule has 1 nitrogen and oxygen atoms in total. The van der Waals surface area contributed by atoms with Gasteiger partial charge in [-0.2, -0.15) is 0 Å². The van der Waals surface area contributed by atoms with Crippen LogP contribution in [0.5, 0.6) is 0 Å². The van der Waals surface area contributed by atoms with Crippen molar-refractivity contribution in [3.05, 3.63) is 53.6 Å². The molecule has 1 N–H and O–H groups in total. The molecule has 0 bridgehead atoms. The van der Waals surface area contributed by atoms with Crippen molar-refractivity contribution in [2.24, 2.45) is 0 Å². The molecule has 0 radical (unpaired) electrons. The topological polar surface area (TPSA) is 12.0 Å². The maximum absolute atomic E-state index is 4.09. The van der Waals surface area contributed by atoms with Gasteiger partial charge in [-0.3, -0.25) is 0 Å². The van der Waals surface area contributed by atoms with Crippen LogP contribution >= 0.6 is 0 Å². The molecule has 0 saturated carbocycles. The summed E-state index contributed by atoms with van der Waals surface area (Å²) in [5.41, 5.74) is 6.34. The largest absolute Gasteiger partial charge is 1.00 e. The summed E-state index contributed by atoms with van der Waals surface area (Å²) in [6.45, 7) is 12.0. The normalized spacial score (nSPS) is 12.1. The van der Waals surface area contributed by atoms with Crippen LogP contribution < -0.4 is 31.3 Å². The molecule has 0 aliphatic heterocycles. The van der Waals surface area contributed by atoms with Crippen molar-refractivity contribution in [1.29, 1.82) is 0 Å². The fourth-order valence-electron chi connectivity index (χ4n) is 3.34. The number of hydrogen-bond donors (Lipinski definition) is 1. The van der Waals surface area contributed by atoms with Crippen molar-refractivity contribution >= 4 is 9.19 Å². The predicted molar refractivity (Wildman–Crippen MR) is 96.1 cm³/mol. The van der Waals surface area contributed by atoms with Crippen LogP contribution in [0.2, 0.25) is 13.1 Å². The Balaban J connectivity index is 0.00000144. The van der Waals surface area contributed by atoms with E-state index in [1.807, 2.05) is 0 Å². The predicted octanol–water partition coefficient (Wildman–Crippen LogP) is -2.20. The Morgan fingerprint density at radius 2 is 1.54 bits per heavy atom. The average molecular weight is 459 g/mol. The van der Waals surface area contributed by atoms with E-state index >= 15 is 0 Å². The summed E-state index contributed by atoms with van der Waals surface area (Å²) >= 11 is -1.75. The Labute approximate surface area is 168 Å². The van der Waals surface area contributed by atoms with Gasteiger partial charge in [0.1, 0.15) is 0 Å². The Bertz CT molecular complexity index is 698. The molecule has 0 saturated heterocycles. The SMILES string of the molecule is C[SiH](C)[Zr+2]([NH]C(C)(C)C)[c]1cccc2c1Cc1ccccc1-2.[Cl-].[Cl-]. The van der Waals surface area contributed by atoms with Crippen LogP contribution in [0.4, 0.5) is 0 Å². The van der Waals surface area contributed by atoms with E-state index in [-0.39, 0.29) is 30.4 Å². The second-order valence-electron chi connectivity index (χ2n) is 7.61. The van der Waals surface area contributed by atoms with Crippen molar-refractivity contribution in [2.45, 2.75) is 45.8 Å². The average Bonchev–Trinajstić information content (AvgIpc) is 2.82. The van der Waals surface area contributed by atoms with Crippen LogP contribution in [-0.2, 0) is 27.6 Å². The third kappa shape index (κ3) is 4.62. The van der Waals surface area contributed by atoms with Crippen LogP contribution in [0.25, 0.3) is 11.1 Å². The van der Waals surface area contributed by atoms with Gasteiger partial charge in [-0.05, 0) is 0 Å². The first-order valence-electron chi connectivity index (χ1n) is 8.22. The number of halogens is 2. The summed E-state index contributed by atoms with van der Waals surface area (Å²) in [5, 5.41) is 0. The van der Waals surface area contributed by atoms with Crippen LogP contribution in [0.1, 0.15) is 31.9 Å². The van der Waals surface area contributed by atoms with Crippen LogP contribution in [0.3, 0.4) is 0 Å². The minimum atomic E-state index is -1.75. The van der Waals surface area contributed by atoms with E-state index in [4.69, 9.17) is 0 Å². The second-order valence-corrected chi connectivity index (χ2v) is 25.8. The maximum Gasteiger partial charge on any atom is -1.00 e. The van der Waals surface area contributed by atoms with Crippen LogP contribution in [-0.4, -0.2) is 11.5 Å². The smallest absolute Gasteiger partial charge is 1.00 e. The van der Waals surface area contributed by atoms with Gasteiger partial charge in [-0.15, -0.1) is 0 Å². The zero-order valence-corrected chi connectivity index (χ0v) is 20.2. The number of nitrogens with one attached hydrogen (secondary N) is 1. The summed E-state index contributed by atoms with van der Waals surface area (Å²) in [6, 6.07) is 16.0. The molecule has 1 aliphatic rings. The van der Waals surface area contributed by atoms with Gasteiger partial charge >= 0.3 is 144 Å². The fraction of sp³-hybridized carbons (Fsp3) is 0.368. The first-order chi connectivity index (χ1) is 10.4. The summed E-state index contributed by atoms with van der Waals surface area (Å²) < 4.78 is 5.82. The molecule has 5 heteroatoms. The van der Waals surface area contributed by atoms with Crippen molar-refractivity contribution in [2.75, 3.05) is 0 Å². The summed E-state index contributed by atoms with van der Waals surface area (Å²) in [6.07, 6.45) is 1.14. The zero-order chi connectivity index (χ0) is 15.9.